The van der Waals surface area contributed by atoms with Crippen LogP contribution < -0.4 is 10.1 Å². The molecule has 1 N–H and O–H groups in total. The van der Waals surface area contributed by atoms with Gasteiger partial charge < -0.3 is 4.74 Å². The summed E-state index contributed by atoms with van der Waals surface area (Å²) in [6.07, 6.45) is 0. The number of carbonyl (C=O) groups is 1. The minimum Gasteiger partial charge on any atom is -0.497 e. The highest BCUT2D eigenvalue weighted by Gasteiger charge is 2.15. The number of methoxy groups -OCH3 is 1. The van der Waals surface area contributed by atoms with Gasteiger partial charge in [-0.05, 0) is 42.0 Å². The minimum absolute atomic E-state index is 0.191. The van der Waals surface area contributed by atoms with Crippen LogP contribution >= 0.6 is 23.1 Å². The summed E-state index contributed by atoms with van der Waals surface area (Å²) in [5.41, 5.74) is 2.76. The molecule has 0 saturated heterocycles. The van der Waals surface area contributed by atoms with E-state index in [1.807, 2.05) is 66.7 Å². The van der Waals surface area contributed by atoms with Crippen molar-refractivity contribution in [3.8, 4) is 16.3 Å². The molecule has 0 bridgehead atoms. The van der Waals surface area contributed by atoms with E-state index < -0.39 is 0 Å². The Balaban J connectivity index is 1.46. The van der Waals surface area contributed by atoms with Crippen molar-refractivity contribution in [1.82, 2.24) is 10.2 Å². The van der Waals surface area contributed by atoms with Crippen molar-refractivity contribution in [2.75, 3.05) is 12.4 Å². The number of anilines is 1. The molecule has 30 heavy (non-hydrogen) atoms. The molecule has 5 nitrogen and oxygen atoms in total. The SMILES string of the molecule is COc1ccc(-c2nnc(NC(=O)c3ccccc3SCc3ccccc3)s2)cc1. The molecule has 0 aliphatic rings. The third-order valence-electron chi connectivity index (χ3n) is 4.35. The van der Waals surface area contributed by atoms with E-state index in [2.05, 4.69) is 27.6 Å². The Labute approximate surface area is 183 Å². The highest BCUT2D eigenvalue weighted by atomic mass is 32.2. The van der Waals surface area contributed by atoms with E-state index in [1.165, 1.54) is 16.9 Å². The average molecular weight is 434 g/mol. The molecule has 0 aliphatic carbocycles. The maximum atomic E-state index is 12.9. The summed E-state index contributed by atoms with van der Waals surface area (Å²) in [7, 11) is 1.63. The Kier molecular flexibility index (Phi) is 6.41. The molecule has 0 radical (unpaired) electrons. The largest absolute Gasteiger partial charge is 0.497 e. The molecule has 4 aromatic rings. The molecule has 0 spiro atoms. The lowest BCUT2D eigenvalue weighted by Gasteiger charge is -2.08. The van der Waals surface area contributed by atoms with Gasteiger partial charge in [-0.25, -0.2) is 0 Å². The molecule has 1 heterocycles. The predicted octanol–water partition coefficient (Wildman–Crippen LogP) is 5.76. The summed E-state index contributed by atoms with van der Waals surface area (Å²) in [5.74, 6) is 1.39. The maximum Gasteiger partial charge on any atom is 0.258 e. The fourth-order valence-corrected chi connectivity index (χ4v) is 4.55. The third-order valence-corrected chi connectivity index (χ3v) is 6.38. The van der Waals surface area contributed by atoms with Crippen molar-refractivity contribution < 1.29 is 9.53 Å². The summed E-state index contributed by atoms with van der Waals surface area (Å²) in [4.78, 5) is 13.8. The molecule has 0 fully saturated rings. The second kappa shape index (κ2) is 9.56. The number of nitrogens with one attached hydrogen (secondary N) is 1. The van der Waals surface area contributed by atoms with Crippen LogP contribution in [0.4, 0.5) is 5.13 Å². The third kappa shape index (κ3) is 4.87. The lowest BCUT2D eigenvalue weighted by atomic mass is 10.2. The van der Waals surface area contributed by atoms with Crippen LogP contribution in [0, 0.1) is 0 Å². The van der Waals surface area contributed by atoms with Crippen LogP contribution in [0.2, 0.25) is 0 Å². The van der Waals surface area contributed by atoms with Crippen molar-refractivity contribution >= 4 is 34.1 Å². The molecule has 4 rings (SSSR count). The second-order valence-electron chi connectivity index (χ2n) is 6.37. The normalized spacial score (nSPS) is 10.6. The number of aromatic nitrogens is 2. The Morgan fingerprint density at radius 1 is 0.967 bits per heavy atom. The second-order valence-corrected chi connectivity index (χ2v) is 8.36. The fourth-order valence-electron chi connectivity index (χ4n) is 2.80. The summed E-state index contributed by atoms with van der Waals surface area (Å²) < 4.78 is 5.18. The lowest BCUT2D eigenvalue weighted by Crippen LogP contribution is -2.12. The summed E-state index contributed by atoms with van der Waals surface area (Å²) in [6, 6.07) is 25.4. The van der Waals surface area contributed by atoms with Crippen molar-refractivity contribution in [1.29, 1.82) is 0 Å². The van der Waals surface area contributed by atoms with E-state index in [0.717, 1.165) is 27.0 Å². The molecule has 3 aromatic carbocycles. The van der Waals surface area contributed by atoms with E-state index in [1.54, 1.807) is 18.9 Å². The smallest absolute Gasteiger partial charge is 0.258 e. The lowest BCUT2D eigenvalue weighted by molar-refractivity contribution is 0.102. The maximum absolute atomic E-state index is 12.9. The summed E-state index contributed by atoms with van der Waals surface area (Å²) in [5, 5.41) is 12.4. The van der Waals surface area contributed by atoms with E-state index in [-0.39, 0.29) is 5.91 Å². The van der Waals surface area contributed by atoms with E-state index >= 15 is 0 Å². The predicted molar refractivity (Wildman–Crippen MR) is 122 cm³/mol. The van der Waals surface area contributed by atoms with Crippen LogP contribution in [0.1, 0.15) is 15.9 Å². The van der Waals surface area contributed by atoms with Crippen LogP contribution in [0.25, 0.3) is 10.6 Å². The fraction of sp³-hybridized carbons (Fsp3) is 0.0870. The van der Waals surface area contributed by atoms with Gasteiger partial charge in [0.2, 0.25) is 5.13 Å². The van der Waals surface area contributed by atoms with Gasteiger partial charge in [0.1, 0.15) is 10.8 Å². The quantitative estimate of drug-likeness (QED) is 0.376. The topological polar surface area (TPSA) is 64.1 Å². The number of hydrogen-bond donors (Lipinski definition) is 1. The monoisotopic (exact) mass is 433 g/mol. The Morgan fingerprint density at radius 3 is 2.47 bits per heavy atom. The van der Waals surface area contributed by atoms with Gasteiger partial charge in [-0.1, -0.05) is 53.8 Å². The van der Waals surface area contributed by atoms with Crippen molar-refractivity contribution in [3.05, 3.63) is 90.0 Å². The molecule has 0 unspecified atom stereocenters. The zero-order valence-corrected chi connectivity index (χ0v) is 17.9. The van der Waals surface area contributed by atoms with Crippen LogP contribution in [-0.2, 0) is 5.75 Å². The number of thioether (sulfide) groups is 1. The number of ether oxygens (including phenoxy) is 1. The van der Waals surface area contributed by atoms with Crippen LogP contribution in [0.3, 0.4) is 0 Å². The first-order chi connectivity index (χ1) is 14.7. The van der Waals surface area contributed by atoms with Crippen molar-refractivity contribution in [3.63, 3.8) is 0 Å². The van der Waals surface area contributed by atoms with Gasteiger partial charge in [0.15, 0.2) is 0 Å². The van der Waals surface area contributed by atoms with Crippen LogP contribution in [-0.4, -0.2) is 23.2 Å². The summed E-state index contributed by atoms with van der Waals surface area (Å²) >= 11 is 2.98. The number of carbonyl (C=O) groups excluding carboxylic acids is 1. The average Bonchev–Trinajstić information content (AvgIpc) is 3.27. The van der Waals surface area contributed by atoms with Crippen LogP contribution in [0.15, 0.2) is 83.8 Å². The Bertz CT molecular complexity index is 1130. The standard InChI is InChI=1S/C23H19N3O2S2/c1-28-18-13-11-17(12-14-18)22-25-26-23(30-22)24-21(27)19-9-5-6-10-20(19)29-15-16-7-3-2-4-8-16/h2-14H,15H2,1H3,(H,24,26,27). The van der Waals surface area contributed by atoms with Gasteiger partial charge in [0.25, 0.3) is 5.91 Å². The molecule has 7 heteroatoms. The number of benzene rings is 3. The van der Waals surface area contributed by atoms with Crippen LogP contribution in [0.5, 0.6) is 5.75 Å². The van der Waals surface area contributed by atoms with Crippen molar-refractivity contribution in [2.45, 2.75) is 10.6 Å². The highest BCUT2D eigenvalue weighted by Crippen LogP contribution is 2.30. The molecular formula is C23H19N3O2S2. The van der Waals surface area contributed by atoms with Gasteiger partial charge in [-0.2, -0.15) is 0 Å². The van der Waals surface area contributed by atoms with Gasteiger partial charge in [0.05, 0.1) is 12.7 Å². The number of amides is 1. The first kappa shape index (κ1) is 20.1. The zero-order valence-electron chi connectivity index (χ0n) is 16.2. The van der Waals surface area contributed by atoms with E-state index in [4.69, 9.17) is 4.74 Å². The molecule has 0 aliphatic heterocycles. The van der Waals surface area contributed by atoms with Gasteiger partial charge >= 0.3 is 0 Å². The Hall–Kier alpha value is -3.16. The number of rotatable bonds is 7. The number of hydrogen-bond acceptors (Lipinski definition) is 6. The number of nitrogens with zero attached hydrogens (tertiary/aromatic N) is 2. The first-order valence-electron chi connectivity index (χ1n) is 9.28. The molecule has 0 atom stereocenters. The molecule has 0 saturated carbocycles. The summed E-state index contributed by atoms with van der Waals surface area (Å²) in [6.45, 7) is 0. The first-order valence-corrected chi connectivity index (χ1v) is 11.1. The molecule has 1 amide bonds. The zero-order chi connectivity index (χ0) is 20.8. The van der Waals surface area contributed by atoms with Gasteiger partial charge in [-0.3, -0.25) is 10.1 Å². The Morgan fingerprint density at radius 2 is 1.70 bits per heavy atom. The highest BCUT2D eigenvalue weighted by molar-refractivity contribution is 7.98. The molecule has 1 aromatic heterocycles. The van der Waals surface area contributed by atoms with Crippen molar-refractivity contribution in [2.24, 2.45) is 0 Å². The minimum atomic E-state index is -0.191. The van der Waals surface area contributed by atoms with Gasteiger partial charge in [0, 0.05) is 16.2 Å². The van der Waals surface area contributed by atoms with E-state index in [9.17, 15) is 4.79 Å². The molecule has 150 valence electrons. The van der Waals surface area contributed by atoms with E-state index in [0.29, 0.717) is 10.7 Å². The van der Waals surface area contributed by atoms with Gasteiger partial charge in [-0.15, -0.1) is 22.0 Å². The molecular weight excluding hydrogens is 414 g/mol.